The molecule has 0 aromatic rings. The zero-order valence-corrected chi connectivity index (χ0v) is 17.7. The number of aliphatic hydroxyl groups is 1. The quantitative estimate of drug-likeness (QED) is 0.718. The Hall–Kier alpha value is -0.200. The van der Waals surface area contributed by atoms with Gasteiger partial charge < -0.3 is 19.5 Å². The monoisotopic (exact) mass is 380 g/mol. The van der Waals surface area contributed by atoms with Gasteiger partial charge >= 0.3 is 0 Å². The van der Waals surface area contributed by atoms with Crippen molar-refractivity contribution >= 4 is 0 Å². The van der Waals surface area contributed by atoms with Crippen LogP contribution < -0.4 is 0 Å². The van der Waals surface area contributed by atoms with Crippen LogP contribution in [0.25, 0.3) is 0 Å². The van der Waals surface area contributed by atoms with E-state index in [1.807, 2.05) is 7.11 Å². The van der Waals surface area contributed by atoms with Crippen LogP contribution in [-0.4, -0.2) is 86.7 Å². The molecule has 27 heavy (non-hydrogen) atoms. The Morgan fingerprint density at radius 1 is 0.926 bits per heavy atom. The highest BCUT2D eigenvalue weighted by Gasteiger charge is 2.54. The first-order valence-electron chi connectivity index (χ1n) is 11.1. The third kappa shape index (κ3) is 3.95. The molecule has 4 aliphatic rings. The summed E-state index contributed by atoms with van der Waals surface area (Å²) >= 11 is 0. The van der Waals surface area contributed by atoms with Gasteiger partial charge in [-0.25, -0.2) is 0 Å². The third-order valence-electron chi connectivity index (χ3n) is 8.47. The largest absolute Gasteiger partial charge is 0.393 e. The number of methoxy groups -OCH3 is 2. The first kappa shape index (κ1) is 20.1. The molecule has 156 valence electrons. The van der Waals surface area contributed by atoms with Gasteiger partial charge in [0.1, 0.15) is 0 Å². The summed E-state index contributed by atoms with van der Waals surface area (Å²) in [4.78, 5) is 5.41. The van der Waals surface area contributed by atoms with Crippen molar-refractivity contribution in [3.05, 3.63) is 0 Å². The Kier molecular flexibility index (Phi) is 5.88. The summed E-state index contributed by atoms with van der Waals surface area (Å²) in [7, 11) is 6.02. The normalized spacial score (nSPS) is 45.8. The first-order chi connectivity index (χ1) is 13.0. The molecule has 1 N–H and O–H groups in total. The van der Waals surface area contributed by atoms with Crippen LogP contribution in [0.2, 0.25) is 0 Å². The highest BCUT2D eigenvalue weighted by molar-refractivity contribution is 5.08. The summed E-state index contributed by atoms with van der Waals surface area (Å²) in [6.45, 7) is 4.42. The van der Waals surface area contributed by atoms with Crippen molar-refractivity contribution < 1.29 is 14.6 Å². The maximum Gasteiger partial charge on any atom is 0.0582 e. The lowest BCUT2D eigenvalue weighted by Gasteiger charge is -2.60. The number of hydrogen-bond donors (Lipinski definition) is 1. The average Bonchev–Trinajstić information content (AvgIpc) is 2.61. The zero-order valence-electron chi connectivity index (χ0n) is 17.7. The fourth-order valence-corrected chi connectivity index (χ4v) is 6.76. The lowest BCUT2D eigenvalue weighted by Crippen LogP contribution is -2.63. The SMILES string of the molecule is COCCCN1CCC2(CC(O)C2)CC1C1CC2(CCN1C)CC(OC)C2. The summed E-state index contributed by atoms with van der Waals surface area (Å²) < 4.78 is 10.9. The second-order valence-corrected chi connectivity index (χ2v) is 10.2. The van der Waals surface area contributed by atoms with Gasteiger partial charge in [0.2, 0.25) is 0 Å². The number of hydrogen-bond acceptors (Lipinski definition) is 5. The van der Waals surface area contributed by atoms with Gasteiger partial charge in [0.05, 0.1) is 12.2 Å². The van der Waals surface area contributed by atoms with Crippen LogP contribution in [0, 0.1) is 10.8 Å². The molecule has 4 rings (SSSR count). The molecular weight excluding hydrogens is 340 g/mol. The fourth-order valence-electron chi connectivity index (χ4n) is 6.76. The van der Waals surface area contributed by atoms with E-state index in [-0.39, 0.29) is 6.10 Å². The van der Waals surface area contributed by atoms with Crippen molar-refractivity contribution in [2.24, 2.45) is 10.8 Å². The van der Waals surface area contributed by atoms with Crippen LogP contribution in [0.3, 0.4) is 0 Å². The molecule has 0 aromatic carbocycles. The molecule has 2 aliphatic heterocycles. The molecule has 2 spiro atoms. The molecule has 2 saturated heterocycles. The highest BCUT2D eigenvalue weighted by atomic mass is 16.5. The number of likely N-dealkylation sites (N-methyl/N-ethyl adjacent to an activating group) is 1. The Labute approximate surface area is 165 Å². The molecule has 2 aliphatic carbocycles. The summed E-state index contributed by atoms with van der Waals surface area (Å²) in [5, 5.41) is 9.99. The minimum atomic E-state index is -0.0461. The minimum Gasteiger partial charge on any atom is -0.393 e. The predicted octanol–water partition coefficient (Wildman–Crippen LogP) is 2.52. The molecule has 2 heterocycles. The highest BCUT2D eigenvalue weighted by Crippen LogP contribution is 2.55. The van der Waals surface area contributed by atoms with Gasteiger partial charge in [-0.15, -0.1) is 0 Å². The van der Waals surface area contributed by atoms with Crippen molar-refractivity contribution in [2.75, 3.05) is 47.5 Å². The Balaban J connectivity index is 1.47. The van der Waals surface area contributed by atoms with Crippen LogP contribution >= 0.6 is 0 Å². The van der Waals surface area contributed by atoms with Crippen molar-refractivity contribution in [2.45, 2.75) is 82.1 Å². The molecule has 5 nitrogen and oxygen atoms in total. The summed E-state index contributed by atoms with van der Waals surface area (Å²) in [6.07, 6.45) is 11.3. The molecule has 0 amide bonds. The van der Waals surface area contributed by atoms with Gasteiger partial charge in [0.25, 0.3) is 0 Å². The summed E-state index contributed by atoms with van der Waals surface area (Å²) in [5.74, 6) is 0. The topological polar surface area (TPSA) is 45.2 Å². The fraction of sp³-hybridized carbons (Fsp3) is 1.00. The lowest BCUT2D eigenvalue weighted by atomic mass is 9.56. The average molecular weight is 381 g/mol. The van der Waals surface area contributed by atoms with Gasteiger partial charge in [0.15, 0.2) is 0 Å². The molecule has 0 aromatic heterocycles. The molecule has 0 radical (unpaired) electrons. The summed E-state index contributed by atoms with van der Waals surface area (Å²) in [5.41, 5.74) is 0.946. The minimum absolute atomic E-state index is 0.0461. The Bertz CT molecular complexity index is 496. The molecule has 4 fully saturated rings. The smallest absolute Gasteiger partial charge is 0.0582 e. The summed E-state index contributed by atoms with van der Waals surface area (Å²) in [6, 6.07) is 1.28. The Morgan fingerprint density at radius 2 is 1.59 bits per heavy atom. The van der Waals surface area contributed by atoms with Crippen LogP contribution in [0.15, 0.2) is 0 Å². The second kappa shape index (κ2) is 7.91. The molecule has 2 atom stereocenters. The molecular formula is C22H40N2O3. The van der Waals surface area contributed by atoms with E-state index < -0.39 is 0 Å². The van der Waals surface area contributed by atoms with Gasteiger partial charge in [0, 0.05) is 39.5 Å². The van der Waals surface area contributed by atoms with Crippen molar-refractivity contribution in [1.29, 1.82) is 0 Å². The molecule has 2 saturated carbocycles. The van der Waals surface area contributed by atoms with Crippen LogP contribution in [0.4, 0.5) is 0 Å². The molecule has 2 unspecified atom stereocenters. The zero-order chi connectivity index (χ0) is 19.1. The predicted molar refractivity (Wildman–Crippen MR) is 107 cm³/mol. The van der Waals surface area contributed by atoms with Crippen molar-refractivity contribution in [1.82, 2.24) is 9.80 Å². The van der Waals surface area contributed by atoms with Crippen LogP contribution in [0.1, 0.15) is 57.8 Å². The maximum absolute atomic E-state index is 9.99. The van der Waals surface area contributed by atoms with Crippen molar-refractivity contribution in [3.8, 4) is 0 Å². The number of piperidine rings is 2. The van der Waals surface area contributed by atoms with E-state index in [1.165, 1.54) is 51.6 Å². The van der Waals surface area contributed by atoms with Gasteiger partial charge in [-0.1, -0.05) is 0 Å². The maximum atomic E-state index is 9.99. The molecule has 0 bridgehead atoms. The van der Waals surface area contributed by atoms with Gasteiger partial charge in [-0.2, -0.15) is 0 Å². The molecule has 5 heteroatoms. The van der Waals surface area contributed by atoms with Crippen LogP contribution in [-0.2, 0) is 9.47 Å². The first-order valence-corrected chi connectivity index (χ1v) is 11.1. The number of ether oxygens (including phenoxy) is 2. The number of likely N-dealkylation sites (tertiary alicyclic amines) is 2. The van der Waals surface area contributed by atoms with E-state index in [4.69, 9.17) is 9.47 Å². The van der Waals surface area contributed by atoms with Crippen molar-refractivity contribution in [3.63, 3.8) is 0 Å². The third-order valence-corrected chi connectivity index (χ3v) is 8.47. The number of rotatable bonds is 6. The van der Waals surface area contributed by atoms with Gasteiger partial charge in [-0.3, -0.25) is 4.90 Å². The van der Waals surface area contributed by atoms with E-state index >= 15 is 0 Å². The van der Waals surface area contributed by atoms with E-state index in [0.717, 1.165) is 32.4 Å². The Morgan fingerprint density at radius 3 is 2.26 bits per heavy atom. The number of nitrogens with zero attached hydrogens (tertiary/aromatic N) is 2. The van der Waals surface area contributed by atoms with E-state index in [2.05, 4.69) is 16.8 Å². The van der Waals surface area contributed by atoms with E-state index in [1.54, 1.807) is 7.11 Å². The number of aliphatic hydroxyl groups excluding tert-OH is 1. The standard InChI is InChI=1S/C22H40N2O3/c1-23-8-5-22(13-18(14-22)27-3)15-19(23)20-16-21(11-17(25)12-21)6-9-24(20)7-4-10-26-2/h17-20,25H,4-16H2,1-3H3. The van der Waals surface area contributed by atoms with E-state index in [0.29, 0.717) is 29.0 Å². The van der Waals surface area contributed by atoms with Crippen LogP contribution in [0.5, 0.6) is 0 Å². The van der Waals surface area contributed by atoms with E-state index in [9.17, 15) is 5.11 Å². The second-order valence-electron chi connectivity index (χ2n) is 10.2. The lowest BCUT2D eigenvalue weighted by molar-refractivity contribution is -0.132. The van der Waals surface area contributed by atoms with Gasteiger partial charge in [-0.05, 0) is 88.8 Å².